The van der Waals surface area contributed by atoms with Gasteiger partial charge in [0.05, 0.1) is 12.7 Å². The SMILES string of the molecule is CNC1(C(=O)O)CCC(N(C)CCOC(C)C)C1. The van der Waals surface area contributed by atoms with E-state index in [1.807, 2.05) is 20.9 Å². The molecule has 1 aliphatic rings. The van der Waals surface area contributed by atoms with E-state index in [0.717, 1.165) is 13.0 Å². The molecule has 18 heavy (non-hydrogen) atoms. The average molecular weight is 258 g/mol. The van der Waals surface area contributed by atoms with E-state index >= 15 is 0 Å². The third-order valence-electron chi connectivity index (χ3n) is 3.89. The van der Waals surface area contributed by atoms with E-state index in [1.54, 1.807) is 7.05 Å². The van der Waals surface area contributed by atoms with Gasteiger partial charge in [-0.3, -0.25) is 4.79 Å². The topological polar surface area (TPSA) is 61.8 Å². The first-order valence-corrected chi connectivity index (χ1v) is 6.65. The molecule has 5 heteroatoms. The lowest BCUT2D eigenvalue weighted by Crippen LogP contribution is -2.49. The summed E-state index contributed by atoms with van der Waals surface area (Å²) in [5, 5.41) is 12.3. The van der Waals surface area contributed by atoms with Gasteiger partial charge in [0.2, 0.25) is 0 Å². The van der Waals surface area contributed by atoms with Crippen molar-refractivity contribution in [3.05, 3.63) is 0 Å². The van der Waals surface area contributed by atoms with Crippen molar-refractivity contribution >= 4 is 5.97 Å². The first-order valence-electron chi connectivity index (χ1n) is 6.65. The molecule has 1 rings (SSSR count). The molecule has 0 spiro atoms. The molecule has 0 radical (unpaired) electrons. The fraction of sp³-hybridized carbons (Fsp3) is 0.923. The third kappa shape index (κ3) is 3.67. The Hall–Kier alpha value is -0.650. The summed E-state index contributed by atoms with van der Waals surface area (Å²) in [4.78, 5) is 13.5. The molecule has 1 fully saturated rings. The van der Waals surface area contributed by atoms with Crippen LogP contribution in [-0.2, 0) is 9.53 Å². The number of carbonyl (C=O) groups is 1. The molecule has 0 aromatic carbocycles. The van der Waals surface area contributed by atoms with Crippen molar-refractivity contribution in [1.29, 1.82) is 0 Å². The summed E-state index contributed by atoms with van der Waals surface area (Å²) in [5.41, 5.74) is -0.738. The van der Waals surface area contributed by atoms with Gasteiger partial charge in [0.1, 0.15) is 5.54 Å². The maximum absolute atomic E-state index is 11.3. The van der Waals surface area contributed by atoms with Gasteiger partial charge in [0, 0.05) is 12.6 Å². The van der Waals surface area contributed by atoms with E-state index in [1.165, 1.54) is 0 Å². The number of rotatable bonds is 7. The number of aliphatic carboxylic acids is 1. The summed E-state index contributed by atoms with van der Waals surface area (Å²) in [6.45, 7) is 5.59. The summed E-state index contributed by atoms with van der Waals surface area (Å²) in [7, 11) is 3.78. The Balaban J connectivity index is 2.43. The molecule has 0 aromatic heterocycles. The minimum Gasteiger partial charge on any atom is -0.480 e. The van der Waals surface area contributed by atoms with Crippen LogP contribution in [0.4, 0.5) is 0 Å². The number of ether oxygens (including phenoxy) is 1. The van der Waals surface area contributed by atoms with Crippen molar-refractivity contribution in [2.24, 2.45) is 0 Å². The van der Waals surface area contributed by atoms with Crippen molar-refractivity contribution in [2.45, 2.75) is 50.8 Å². The van der Waals surface area contributed by atoms with Crippen LogP contribution in [0.15, 0.2) is 0 Å². The van der Waals surface area contributed by atoms with Gasteiger partial charge >= 0.3 is 5.97 Å². The molecule has 0 heterocycles. The van der Waals surface area contributed by atoms with E-state index in [2.05, 4.69) is 10.2 Å². The number of hydrogen-bond donors (Lipinski definition) is 2. The molecule has 0 aromatic rings. The maximum atomic E-state index is 11.3. The van der Waals surface area contributed by atoms with Crippen LogP contribution < -0.4 is 5.32 Å². The van der Waals surface area contributed by atoms with Crippen LogP contribution >= 0.6 is 0 Å². The minimum atomic E-state index is -0.738. The molecular weight excluding hydrogens is 232 g/mol. The van der Waals surface area contributed by atoms with Crippen LogP contribution in [0.25, 0.3) is 0 Å². The second kappa shape index (κ2) is 6.50. The van der Waals surface area contributed by atoms with Crippen LogP contribution in [0, 0.1) is 0 Å². The van der Waals surface area contributed by atoms with Crippen LogP contribution in [0.2, 0.25) is 0 Å². The normalized spacial score (nSPS) is 28.2. The number of carboxylic acids is 1. The van der Waals surface area contributed by atoms with Crippen LogP contribution in [0.5, 0.6) is 0 Å². The number of hydrogen-bond acceptors (Lipinski definition) is 4. The molecule has 1 saturated carbocycles. The highest BCUT2D eigenvalue weighted by Gasteiger charge is 2.45. The van der Waals surface area contributed by atoms with Gasteiger partial charge in [0.15, 0.2) is 0 Å². The lowest BCUT2D eigenvalue weighted by Gasteiger charge is -2.27. The smallest absolute Gasteiger partial charge is 0.323 e. The van der Waals surface area contributed by atoms with Crippen molar-refractivity contribution in [2.75, 3.05) is 27.2 Å². The number of nitrogens with one attached hydrogen (secondary N) is 1. The summed E-state index contributed by atoms with van der Waals surface area (Å²) in [5.74, 6) is -0.737. The fourth-order valence-corrected chi connectivity index (χ4v) is 2.54. The summed E-state index contributed by atoms with van der Waals surface area (Å²) in [6, 6.07) is 0.323. The maximum Gasteiger partial charge on any atom is 0.323 e. The molecule has 2 atom stereocenters. The highest BCUT2D eigenvalue weighted by atomic mass is 16.5. The predicted molar refractivity (Wildman–Crippen MR) is 70.8 cm³/mol. The van der Waals surface area contributed by atoms with Gasteiger partial charge in [0.25, 0.3) is 0 Å². The van der Waals surface area contributed by atoms with Gasteiger partial charge < -0.3 is 20.1 Å². The zero-order valence-electron chi connectivity index (χ0n) is 11.9. The Morgan fingerprint density at radius 2 is 2.28 bits per heavy atom. The van der Waals surface area contributed by atoms with Gasteiger partial charge in [-0.2, -0.15) is 0 Å². The molecule has 0 bridgehead atoms. The Kier molecular flexibility index (Phi) is 5.56. The van der Waals surface area contributed by atoms with Crippen LogP contribution in [0.1, 0.15) is 33.1 Å². The number of likely N-dealkylation sites (N-methyl/N-ethyl adjacent to an activating group) is 2. The van der Waals surface area contributed by atoms with E-state index in [4.69, 9.17) is 4.74 Å². The molecule has 106 valence electrons. The molecule has 2 unspecified atom stereocenters. The van der Waals surface area contributed by atoms with Crippen molar-refractivity contribution in [1.82, 2.24) is 10.2 Å². The Morgan fingerprint density at radius 3 is 2.72 bits per heavy atom. The van der Waals surface area contributed by atoms with Crippen molar-refractivity contribution in [3.63, 3.8) is 0 Å². The lowest BCUT2D eigenvalue weighted by molar-refractivity contribution is -0.144. The zero-order chi connectivity index (χ0) is 13.8. The first kappa shape index (κ1) is 15.4. The second-order valence-electron chi connectivity index (χ2n) is 5.43. The molecule has 0 aliphatic heterocycles. The number of carboxylic acid groups (broad SMARTS) is 1. The van der Waals surface area contributed by atoms with E-state index < -0.39 is 11.5 Å². The van der Waals surface area contributed by atoms with Crippen molar-refractivity contribution < 1.29 is 14.6 Å². The van der Waals surface area contributed by atoms with Gasteiger partial charge in [-0.15, -0.1) is 0 Å². The largest absolute Gasteiger partial charge is 0.480 e. The monoisotopic (exact) mass is 258 g/mol. The van der Waals surface area contributed by atoms with Crippen molar-refractivity contribution in [3.8, 4) is 0 Å². The van der Waals surface area contributed by atoms with E-state index in [9.17, 15) is 9.90 Å². The highest BCUT2D eigenvalue weighted by molar-refractivity contribution is 5.79. The van der Waals surface area contributed by atoms with Gasteiger partial charge in [-0.1, -0.05) is 0 Å². The second-order valence-corrected chi connectivity index (χ2v) is 5.43. The Bertz CT molecular complexity index is 283. The van der Waals surface area contributed by atoms with Gasteiger partial charge in [-0.25, -0.2) is 0 Å². The molecule has 5 nitrogen and oxygen atoms in total. The molecule has 1 aliphatic carbocycles. The van der Waals surface area contributed by atoms with Crippen LogP contribution in [-0.4, -0.2) is 60.9 Å². The molecule has 0 saturated heterocycles. The molecule has 0 amide bonds. The quantitative estimate of drug-likeness (QED) is 0.711. The molecular formula is C13H26N2O3. The molecule has 2 N–H and O–H groups in total. The fourth-order valence-electron chi connectivity index (χ4n) is 2.54. The standard InChI is InChI=1S/C13H26N2O3/c1-10(2)18-8-7-15(4)11-5-6-13(9-11,14-3)12(16)17/h10-11,14H,5-9H2,1-4H3,(H,16,17). The van der Waals surface area contributed by atoms with E-state index in [-0.39, 0.29) is 6.10 Å². The first-order chi connectivity index (χ1) is 8.41. The summed E-state index contributed by atoms with van der Waals surface area (Å²) < 4.78 is 5.52. The number of nitrogens with zero attached hydrogens (tertiary/aromatic N) is 1. The third-order valence-corrected chi connectivity index (χ3v) is 3.89. The van der Waals surface area contributed by atoms with E-state index in [0.29, 0.717) is 25.5 Å². The summed E-state index contributed by atoms with van der Waals surface area (Å²) >= 11 is 0. The Morgan fingerprint density at radius 1 is 1.61 bits per heavy atom. The highest BCUT2D eigenvalue weighted by Crippen LogP contribution is 2.32. The average Bonchev–Trinajstić information content (AvgIpc) is 2.74. The predicted octanol–water partition coefficient (Wildman–Crippen LogP) is 0.939. The van der Waals surface area contributed by atoms with Gasteiger partial charge in [-0.05, 0) is 47.2 Å². The Labute approximate surface area is 109 Å². The lowest BCUT2D eigenvalue weighted by atomic mass is 9.98. The zero-order valence-corrected chi connectivity index (χ0v) is 11.9. The summed E-state index contributed by atoms with van der Waals surface area (Å²) in [6.07, 6.45) is 2.53. The minimum absolute atomic E-state index is 0.248. The van der Waals surface area contributed by atoms with Crippen LogP contribution in [0.3, 0.4) is 0 Å².